The van der Waals surface area contributed by atoms with Crippen molar-refractivity contribution in [2.45, 2.75) is 18.9 Å². The summed E-state index contributed by atoms with van der Waals surface area (Å²) >= 11 is 0. The molecule has 1 N–H and O–H groups in total. The molecule has 1 atom stereocenters. The highest BCUT2D eigenvalue weighted by Crippen LogP contribution is 2.16. The molecule has 2 fully saturated rings. The molecule has 0 spiro atoms. The van der Waals surface area contributed by atoms with Gasteiger partial charge in [-0.2, -0.15) is 0 Å². The molecule has 2 aliphatic rings. The summed E-state index contributed by atoms with van der Waals surface area (Å²) in [5.74, 6) is 0.0600. The zero-order valence-electron chi connectivity index (χ0n) is 12.4. The van der Waals surface area contributed by atoms with Crippen molar-refractivity contribution in [3.63, 3.8) is 0 Å². The Bertz CT molecular complexity index is 523. The monoisotopic (exact) mass is 304 g/mol. The topological polar surface area (TPSA) is 74.8 Å². The maximum absolute atomic E-state index is 12.2. The van der Waals surface area contributed by atoms with E-state index in [1.54, 1.807) is 34.3 Å². The molecule has 0 unspecified atom stereocenters. The minimum absolute atomic E-state index is 0.0600. The predicted molar refractivity (Wildman–Crippen MR) is 80.4 cm³/mol. The molecular formula is C15H20N4O3. The van der Waals surface area contributed by atoms with E-state index in [1.165, 1.54) is 0 Å². The van der Waals surface area contributed by atoms with Gasteiger partial charge < -0.3 is 19.9 Å². The van der Waals surface area contributed by atoms with E-state index in [4.69, 9.17) is 4.74 Å². The molecular weight excluding hydrogens is 284 g/mol. The number of anilines is 1. The Kier molecular flexibility index (Phi) is 4.53. The first-order chi connectivity index (χ1) is 10.7. The number of pyridine rings is 1. The van der Waals surface area contributed by atoms with Crippen LogP contribution in [0.4, 0.5) is 10.5 Å². The molecule has 3 rings (SSSR count). The van der Waals surface area contributed by atoms with Gasteiger partial charge in [0.05, 0.1) is 11.9 Å². The molecule has 0 aliphatic carbocycles. The third-order valence-electron chi connectivity index (χ3n) is 4.00. The summed E-state index contributed by atoms with van der Waals surface area (Å²) in [5.41, 5.74) is 0.672. The van der Waals surface area contributed by atoms with Crippen LogP contribution in [0.15, 0.2) is 24.5 Å². The molecule has 2 saturated heterocycles. The molecule has 22 heavy (non-hydrogen) atoms. The zero-order valence-corrected chi connectivity index (χ0v) is 12.4. The van der Waals surface area contributed by atoms with E-state index < -0.39 is 0 Å². The summed E-state index contributed by atoms with van der Waals surface area (Å²) in [6.07, 6.45) is 4.74. The molecule has 3 amide bonds. The summed E-state index contributed by atoms with van der Waals surface area (Å²) in [7, 11) is 0. The van der Waals surface area contributed by atoms with E-state index in [0.29, 0.717) is 38.5 Å². The van der Waals surface area contributed by atoms with Crippen LogP contribution in [-0.4, -0.2) is 65.6 Å². The molecule has 1 aromatic rings. The van der Waals surface area contributed by atoms with E-state index in [1.807, 2.05) is 0 Å². The highest BCUT2D eigenvalue weighted by molar-refractivity contribution is 5.89. The van der Waals surface area contributed by atoms with Crippen LogP contribution in [0.5, 0.6) is 0 Å². The van der Waals surface area contributed by atoms with E-state index in [2.05, 4.69) is 10.3 Å². The largest absolute Gasteiger partial charge is 0.368 e. The predicted octanol–water partition coefficient (Wildman–Crippen LogP) is 0.937. The molecule has 0 bridgehead atoms. The second-order valence-electron chi connectivity index (χ2n) is 5.49. The van der Waals surface area contributed by atoms with Gasteiger partial charge in [0.25, 0.3) is 5.91 Å². The number of aromatic nitrogens is 1. The Morgan fingerprint density at radius 3 is 2.64 bits per heavy atom. The van der Waals surface area contributed by atoms with E-state index >= 15 is 0 Å². The number of amides is 3. The number of ether oxygens (including phenoxy) is 1. The summed E-state index contributed by atoms with van der Waals surface area (Å²) in [6.45, 7) is 2.84. The smallest absolute Gasteiger partial charge is 0.322 e. The Hall–Kier alpha value is -2.15. The number of carbonyl (C=O) groups excluding carboxylic acids is 2. The fraction of sp³-hybridized carbons (Fsp3) is 0.533. The van der Waals surface area contributed by atoms with Gasteiger partial charge in [-0.1, -0.05) is 0 Å². The SMILES string of the molecule is O=C(Nc1cccnc1)N1CCN(C(=O)[C@H]2CCCO2)CC1. The number of rotatable bonds is 2. The molecule has 0 saturated carbocycles. The number of hydrogen-bond acceptors (Lipinski definition) is 4. The molecule has 0 aromatic carbocycles. The van der Waals surface area contributed by atoms with Crippen LogP contribution >= 0.6 is 0 Å². The minimum atomic E-state index is -0.282. The van der Waals surface area contributed by atoms with Gasteiger partial charge in [0, 0.05) is 39.0 Å². The molecule has 7 nitrogen and oxygen atoms in total. The average molecular weight is 304 g/mol. The first-order valence-electron chi connectivity index (χ1n) is 7.60. The van der Waals surface area contributed by atoms with Crippen molar-refractivity contribution in [3.8, 4) is 0 Å². The van der Waals surface area contributed by atoms with Gasteiger partial charge in [-0.05, 0) is 25.0 Å². The summed E-state index contributed by atoms with van der Waals surface area (Å²) < 4.78 is 5.43. The van der Waals surface area contributed by atoms with Gasteiger partial charge in [-0.3, -0.25) is 9.78 Å². The van der Waals surface area contributed by atoms with E-state index in [9.17, 15) is 9.59 Å². The van der Waals surface area contributed by atoms with E-state index in [-0.39, 0.29) is 18.0 Å². The van der Waals surface area contributed by atoms with Crippen LogP contribution in [-0.2, 0) is 9.53 Å². The number of hydrogen-bond donors (Lipinski definition) is 1. The lowest BCUT2D eigenvalue weighted by molar-refractivity contribution is -0.142. The Labute approximate surface area is 129 Å². The third kappa shape index (κ3) is 3.36. The second-order valence-corrected chi connectivity index (χ2v) is 5.49. The number of piperazine rings is 1. The van der Waals surface area contributed by atoms with Crippen molar-refractivity contribution in [1.29, 1.82) is 0 Å². The lowest BCUT2D eigenvalue weighted by atomic mass is 10.2. The van der Waals surface area contributed by atoms with Crippen molar-refractivity contribution >= 4 is 17.6 Å². The molecule has 118 valence electrons. The maximum atomic E-state index is 12.2. The third-order valence-corrected chi connectivity index (χ3v) is 4.00. The normalized spacial score (nSPS) is 21.7. The van der Waals surface area contributed by atoms with Crippen LogP contribution in [0.3, 0.4) is 0 Å². The highest BCUT2D eigenvalue weighted by atomic mass is 16.5. The summed E-state index contributed by atoms with van der Waals surface area (Å²) in [6, 6.07) is 3.41. The van der Waals surface area contributed by atoms with Crippen LogP contribution in [0.25, 0.3) is 0 Å². The van der Waals surface area contributed by atoms with Gasteiger partial charge in [-0.15, -0.1) is 0 Å². The number of nitrogens with zero attached hydrogens (tertiary/aromatic N) is 3. The first kappa shape index (κ1) is 14.8. The molecule has 3 heterocycles. The Balaban J connectivity index is 1.48. The lowest BCUT2D eigenvalue weighted by Gasteiger charge is -2.35. The molecule has 2 aliphatic heterocycles. The van der Waals surface area contributed by atoms with E-state index in [0.717, 1.165) is 12.8 Å². The number of nitrogens with one attached hydrogen (secondary N) is 1. The fourth-order valence-electron chi connectivity index (χ4n) is 2.75. The standard InChI is InChI=1S/C15H20N4O3/c20-14(13-4-2-10-22-13)18-6-8-19(9-7-18)15(21)17-12-3-1-5-16-11-12/h1,3,5,11,13H,2,4,6-10H2,(H,17,21)/t13-/m1/s1. The summed E-state index contributed by atoms with van der Waals surface area (Å²) in [5, 5.41) is 2.81. The van der Waals surface area contributed by atoms with Gasteiger partial charge in [-0.25, -0.2) is 4.79 Å². The molecule has 7 heteroatoms. The average Bonchev–Trinajstić information content (AvgIpc) is 3.10. The van der Waals surface area contributed by atoms with Gasteiger partial charge in [0.15, 0.2) is 0 Å². The van der Waals surface area contributed by atoms with Crippen LogP contribution in [0.2, 0.25) is 0 Å². The van der Waals surface area contributed by atoms with Crippen molar-refractivity contribution < 1.29 is 14.3 Å². The maximum Gasteiger partial charge on any atom is 0.322 e. The number of urea groups is 1. The first-order valence-corrected chi connectivity index (χ1v) is 7.60. The molecule has 0 radical (unpaired) electrons. The zero-order chi connectivity index (χ0) is 15.4. The van der Waals surface area contributed by atoms with Crippen molar-refractivity contribution in [3.05, 3.63) is 24.5 Å². The lowest BCUT2D eigenvalue weighted by Crippen LogP contribution is -2.53. The minimum Gasteiger partial charge on any atom is -0.368 e. The van der Waals surface area contributed by atoms with Crippen LogP contribution in [0, 0.1) is 0 Å². The highest BCUT2D eigenvalue weighted by Gasteiger charge is 2.31. The Morgan fingerprint density at radius 2 is 2.00 bits per heavy atom. The number of carbonyl (C=O) groups is 2. The second kappa shape index (κ2) is 6.74. The summed E-state index contributed by atoms with van der Waals surface area (Å²) in [4.78, 5) is 31.9. The van der Waals surface area contributed by atoms with Crippen LogP contribution in [0.1, 0.15) is 12.8 Å². The molecule has 1 aromatic heterocycles. The van der Waals surface area contributed by atoms with Crippen molar-refractivity contribution in [2.75, 3.05) is 38.1 Å². The Morgan fingerprint density at radius 1 is 1.23 bits per heavy atom. The van der Waals surface area contributed by atoms with Crippen LogP contribution < -0.4 is 5.32 Å². The van der Waals surface area contributed by atoms with Gasteiger partial charge in [0.2, 0.25) is 0 Å². The van der Waals surface area contributed by atoms with Gasteiger partial charge in [0.1, 0.15) is 6.10 Å². The van der Waals surface area contributed by atoms with Crippen molar-refractivity contribution in [2.24, 2.45) is 0 Å². The quantitative estimate of drug-likeness (QED) is 0.882. The fourth-order valence-corrected chi connectivity index (χ4v) is 2.75. The van der Waals surface area contributed by atoms with Crippen molar-refractivity contribution in [1.82, 2.24) is 14.8 Å². The van der Waals surface area contributed by atoms with Gasteiger partial charge >= 0.3 is 6.03 Å².